The van der Waals surface area contributed by atoms with Gasteiger partial charge in [-0.3, -0.25) is 4.79 Å². The number of hydrogen-bond donors (Lipinski definition) is 1. The van der Waals surface area contributed by atoms with Crippen molar-refractivity contribution in [1.29, 1.82) is 0 Å². The summed E-state index contributed by atoms with van der Waals surface area (Å²) < 4.78 is 5.28. The number of carboxylic acid groups (broad SMARTS) is 1. The van der Waals surface area contributed by atoms with Crippen molar-refractivity contribution in [2.45, 2.75) is 11.8 Å². The number of rotatable bonds is 3. The third kappa shape index (κ3) is 1.68. The summed E-state index contributed by atoms with van der Waals surface area (Å²) in [6.07, 6.45) is 0.126. The van der Waals surface area contributed by atoms with Gasteiger partial charge in [0.1, 0.15) is 0 Å². The Morgan fingerprint density at radius 1 is 1.17 bits per heavy atom. The molecule has 0 aromatic heterocycles. The number of aliphatic carboxylic acids is 1. The van der Waals surface area contributed by atoms with E-state index >= 15 is 0 Å². The van der Waals surface area contributed by atoms with Crippen LogP contribution < -0.4 is 0 Å². The molecule has 1 aliphatic heterocycles. The number of benzene rings is 2. The second kappa shape index (κ2) is 4.10. The summed E-state index contributed by atoms with van der Waals surface area (Å²) in [5.41, 5.74) is 0.737. The van der Waals surface area contributed by atoms with E-state index in [1.807, 2.05) is 42.5 Å². The molecule has 0 unspecified atom stereocenters. The third-order valence-electron chi connectivity index (χ3n) is 3.61. The predicted molar refractivity (Wildman–Crippen MR) is 68.7 cm³/mol. The summed E-state index contributed by atoms with van der Waals surface area (Å²) in [5.74, 6) is -0.772. The molecule has 0 aliphatic carbocycles. The van der Waals surface area contributed by atoms with Crippen molar-refractivity contribution < 1.29 is 14.6 Å². The van der Waals surface area contributed by atoms with Gasteiger partial charge >= 0.3 is 5.97 Å². The lowest BCUT2D eigenvalue weighted by molar-refractivity contribution is -0.145. The average Bonchev–Trinajstić information content (AvgIpc) is 2.33. The van der Waals surface area contributed by atoms with Crippen LogP contribution in [0, 0.1) is 0 Å². The Balaban J connectivity index is 2.15. The molecule has 2 aromatic rings. The van der Waals surface area contributed by atoms with Crippen LogP contribution in [0.3, 0.4) is 0 Å². The summed E-state index contributed by atoms with van der Waals surface area (Å²) in [5, 5.41) is 11.4. The van der Waals surface area contributed by atoms with E-state index in [2.05, 4.69) is 0 Å². The van der Waals surface area contributed by atoms with Crippen molar-refractivity contribution in [3.8, 4) is 0 Å². The van der Waals surface area contributed by atoms with E-state index in [4.69, 9.17) is 9.84 Å². The van der Waals surface area contributed by atoms with E-state index in [9.17, 15) is 4.79 Å². The highest BCUT2D eigenvalue weighted by molar-refractivity contribution is 5.87. The van der Waals surface area contributed by atoms with Crippen molar-refractivity contribution in [3.05, 3.63) is 48.0 Å². The monoisotopic (exact) mass is 242 g/mol. The fraction of sp³-hybridized carbons (Fsp3) is 0.267. The zero-order chi connectivity index (χ0) is 12.6. The van der Waals surface area contributed by atoms with E-state index in [-0.39, 0.29) is 11.8 Å². The van der Waals surface area contributed by atoms with Gasteiger partial charge in [-0.2, -0.15) is 0 Å². The van der Waals surface area contributed by atoms with Crippen molar-refractivity contribution in [1.82, 2.24) is 0 Å². The van der Waals surface area contributed by atoms with Gasteiger partial charge in [-0.1, -0.05) is 42.5 Å². The summed E-state index contributed by atoms with van der Waals surface area (Å²) in [6.45, 7) is 0.987. The Morgan fingerprint density at radius 3 is 2.56 bits per heavy atom. The molecular formula is C15H14O3. The molecule has 1 saturated heterocycles. The fourth-order valence-corrected chi connectivity index (χ4v) is 2.68. The average molecular weight is 242 g/mol. The first-order valence-electron chi connectivity index (χ1n) is 5.99. The van der Waals surface area contributed by atoms with Gasteiger partial charge in [0.05, 0.1) is 25.0 Å². The number of carbonyl (C=O) groups is 1. The van der Waals surface area contributed by atoms with E-state index < -0.39 is 5.97 Å². The lowest BCUT2D eigenvalue weighted by Gasteiger charge is -2.41. The molecule has 0 saturated carbocycles. The molecule has 3 nitrogen and oxygen atoms in total. The quantitative estimate of drug-likeness (QED) is 0.899. The molecule has 1 aliphatic rings. The van der Waals surface area contributed by atoms with Crippen LogP contribution in [0.2, 0.25) is 0 Å². The van der Waals surface area contributed by atoms with Gasteiger partial charge in [0.2, 0.25) is 0 Å². The normalized spacial score (nSPS) is 17.3. The van der Waals surface area contributed by atoms with Crippen LogP contribution in [0.4, 0.5) is 0 Å². The van der Waals surface area contributed by atoms with Crippen molar-refractivity contribution in [2.24, 2.45) is 0 Å². The molecule has 0 radical (unpaired) electrons. The van der Waals surface area contributed by atoms with Crippen LogP contribution in [-0.4, -0.2) is 24.3 Å². The largest absolute Gasteiger partial charge is 0.481 e. The van der Waals surface area contributed by atoms with Crippen molar-refractivity contribution in [3.63, 3.8) is 0 Å². The number of carboxylic acids is 1. The van der Waals surface area contributed by atoms with Crippen molar-refractivity contribution >= 4 is 16.7 Å². The summed E-state index contributed by atoms with van der Waals surface area (Å²) in [7, 11) is 0. The van der Waals surface area contributed by atoms with Crippen LogP contribution in [0.1, 0.15) is 12.0 Å². The van der Waals surface area contributed by atoms with E-state index in [0.29, 0.717) is 13.2 Å². The molecule has 1 N–H and O–H groups in total. The first kappa shape index (κ1) is 11.2. The number of fused-ring (bicyclic) bond motifs is 1. The van der Waals surface area contributed by atoms with Gasteiger partial charge in [0.25, 0.3) is 0 Å². The molecule has 2 aromatic carbocycles. The van der Waals surface area contributed by atoms with Gasteiger partial charge in [0, 0.05) is 0 Å². The minimum atomic E-state index is -0.772. The van der Waals surface area contributed by atoms with Gasteiger partial charge in [-0.25, -0.2) is 0 Å². The van der Waals surface area contributed by atoms with Gasteiger partial charge in [-0.05, 0) is 16.3 Å². The van der Waals surface area contributed by atoms with Crippen LogP contribution in [0.15, 0.2) is 42.5 Å². The topological polar surface area (TPSA) is 46.5 Å². The highest BCUT2D eigenvalue weighted by atomic mass is 16.5. The fourth-order valence-electron chi connectivity index (χ4n) is 2.68. The maximum atomic E-state index is 11.1. The molecule has 0 amide bonds. The molecular weight excluding hydrogens is 228 g/mol. The van der Waals surface area contributed by atoms with Crippen LogP contribution in [-0.2, 0) is 14.9 Å². The minimum Gasteiger partial charge on any atom is -0.481 e. The van der Waals surface area contributed by atoms with Crippen LogP contribution in [0.5, 0.6) is 0 Å². The van der Waals surface area contributed by atoms with E-state index in [1.165, 1.54) is 0 Å². The maximum Gasteiger partial charge on any atom is 0.304 e. The zero-order valence-corrected chi connectivity index (χ0v) is 9.93. The zero-order valence-electron chi connectivity index (χ0n) is 9.93. The molecule has 1 heterocycles. The lowest BCUT2D eigenvalue weighted by atomic mass is 9.74. The second-order valence-electron chi connectivity index (χ2n) is 4.87. The Bertz CT molecular complexity index is 594. The second-order valence-corrected chi connectivity index (χ2v) is 4.87. The predicted octanol–water partition coefficient (Wildman–Crippen LogP) is 2.58. The van der Waals surface area contributed by atoms with Gasteiger partial charge in [0.15, 0.2) is 0 Å². The van der Waals surface area contributed by atoms with E-state index in [1.54, 1.807) is 0 Å². The highest BCUT2D eigenvalue weighted by Gasteiger charge is 2.43. The number of ether oxygens (including phenoxy) is 1. The van der Waals surface area contributed by atoms with Gasteiger partial charge in [-0.15, -0.1) is 0 Å². The summed E-state index contributed by atoms with van der Waals surface area (Å²) in [4.78, 5) is 11.1. The Labute approximate surface area is 105 Å². The smallest absolute Gasteiger partial charge is 0.304 e. The highest BCUT2D eigenvalue weighted by Crippen LogP contribution is 2.39. The summed E-state index contributed by atoms with van der Waals surface area (Å²) in [6, 6.07) is 14.1. The molecule has 1 fully saturated rings. The molecule has 0 atom stereocenters. The van der Waals surface area contributed by atoms with Crippen LogP contribution >= 0.6 is 0 Å². The molecule has 3 rings (SSSR count). The van der Waals surface area contributed by atoms with E-state index in [0.717, 1.165) is 16.3 Å². The third-order valence-corrected chi connectivity index (χ3v) is 3.61. The minimum absolute atomic E-state index is 0.126. The molecule has 0 spiro atoms. The number of hydrogen-bond acceptors (Lipinski definition) is 2. The maximum absolute atomic E-state index is 11.1. The SMILES string of the molecule is O=C(O)CC1(c2cccc3ccccc23)COC1. The standard InChI is InChI=1S/C15H14O3/c16-14(17)8-15(9-18-10-15)13-7-3-5-11-4-1-2-6-12(11)13/h1-7H,8-10H2,(H,16,17). The molecule has 18 heavy (non-hydrogen) atoms. The Hall–Kier alpha value is -1.87. The first-order chi connectivity index (χ1) is 8.71. The first-order valence-corrected chi connectivity index (χ1v) is 5.99. The summed E-state index contributed by atoms with van der Waals surface area (Å²) >= 11 is 0. The molecule has 3 heteroatoms. The Morgan fingerprint density at radius 2 is 1.89 bits per heavy atom. The Kier molecular flexibility index (Phi) is 2.56. The van der Waals surface area contributed by atoms with Crippen molar-refractivity contribution in [2.75, 3.05) is 13.2 Å². The lowest BCUT2D eigenvalue weighted by Crippen LogP contribution is -2.48. The molecule has 0 bridgehead atoms. The molecule has 92 valence electrons. The van der Waals surface area contributed by atoms with Gasteiger partial charge < -0.3 is 9.84 Å². The van der Waals surface area contributed by atoms with Crippen LogP contribution in [0.25, 0.3) is 10.8 Å².